The SMILES string of the molecule is CCCCCn1nc(C(=O)N[C@@]2(C)CCS(=O)(=O)C2)c2ccccc2c1=O. The first-order chi connectivity index (χ1) is 12.7. The summed E-state index contributed by atoms with van der Waals surface area (Å²) in [6.07, 6.45) is 3.16. The Morgan fingerprint density at radius 3 is 2.59 bits per heavy atom. The van der Waals surface area contributed by atoms with Gasteiger partial charge in [0.15, 0.2) is 15.5 Å². The fourth-order valence-corrected chi connectivity index (χ4v) is 5.60. The van der Waals surface area contributed by atoms with Crippen molar-refractivity contribution < 1.29 is 13.2 Å². The summed E-state index contributed by atoms with van der Waals surface area (Å²) >= 11 is 0. The quantitative estimate of drug-likeness (QED) is 0.759. The van der Waals surface area contributed by atoms with Gasteiger partial charge in [0.25, 0.3) is 11.5 Å². The number of hydrogen-bond donors (Lipinski definition) is 1. The van der Waals surface area contributed by atoms with Crippen LogP contribution < -0.4 is 10.9 Å². The minimum atomic E-state index is -3.14. The second-order valence-corrected chi connectivity index (χ2v) is 9.67. The summed E-state index contributed by atoms with van der Waals surface area (Å²) in [4.78, 5) is 25.6. The highest BCUT2D eigenvalue weighted by Crippen LogP contribution is 2.24. The number of fused-ring (bicyclic) bond motifs is 1. The molecule has 1 fully saturated rings. The van der Waals surface area contributed by atoms with Gasteiger partial charge < -0.3 is 5.32 Å². The van der Waals surface area contributed by atoms with Crippen molar-refractivity contribution in [2.75, 3.05) is 11.5 Å². The van der Waals surface area contributed by atoms with Gasteiger partial charge in [0.1, 0.15) is 0 Å². The number of unbranched alkanes of at least 4 members (excludes halogenated alkanes) is 2. The van der Waals surface area contributed by atoms with Gasteiger partial charge in [-0.05, 0) is 25.8 Å². The highest BCUT2D eigenvalue weighted by molar-refractivity contribution is 7.91. The van der Waals surface area contributed by atoms with Crippen molar-refractivity contribution in [2.45, 2.75) is 51.6 Å². The average Bonchev–Trinajstić information content (AvgIpc) is 2.90. The Morgan fingerprint density at radius 2 is 1.96 bits per heavy atom. The van der Waals surface area contributed by atoms with Crippen molar-refractivity contribution in [3.63, 3.8) is 0 Å². The Hall–Kier alpha value is -2.22. The maximum atomic E-state index is 12.9. The molecule has 1 N–H and O–H groups in total. The molecule has 0 bridgehead atoms. The van der Waals surface area contributed by atoms with Crippen LogP contribution in [0.4, 0.5) is 0 Å². The lowest BCUT2D eigenvalue weighted by atomic mass is 10.0. The van der Waals surface area contributed by atoms with Crippen molar-refractivity contribution in [2.24, 2.45) is 0 Å². The third kappa shape index (κ3) is 4.21. The second kappa shape index (κ2) is 7.42. The molecule has 1 aromatic carbocycles. The molecule has 27 heavy (non-hydrogen) atoms. The second-order valence-electron chi connectivity index (χ2n) is 7.49. The average molecular weight is 391 g/mol. The number of sulfone groups is 1. The third-order valence-corrected chi connectivity index (χ3v) is 6.88. The molecular formula is C19H25N3O4S. The summed E-state index contributed by atoms with van der Waals surface area (Å²) in [7, 11) is -3.14. The van der Waals surface area contributed by atoms with E-state index in [2.05, 4.69) is 17.3 Å². The summed E-state index contributed by atoms with van der Waals surface area (Å²) in [6.45, 7) is 4.25. The number of aryl methyl sites for hydroxylation is 1. The molecule has 1 aromatic heterocycles. The lowest BCUT2D eigenvalue weighted by Crippen LogP contribution is -2.47. The van der Waals surface area contributed by atoms with E-state index in [4.69, 9.17) is 0 Å². The molecule has 8 heteroatoms. The Labute approximate surface area is 158 Å². The number of benzene rings is 1. The highest BCUT2D eigenvalue weighted by Gasteiger charge is 2.40. The minimum absolute atomic E-state index is 0.0640. The lowest BCUT2D eigenvalue weighted by Gasteiger charge is -2.24. The standard InChI is InChI=1S/C19H25N3O4S/c1-3-4-7-11-22-18(24)15-9-6-5-8-14(15)16(21-22)17(23)20-19(2)10-12-27(25,26)13-19/h5-6,8-9H,3-4,7,10-13H2,1-2H3,(H,20,23)/t19-/m0/s1. The summed E-state index contributed by atoms with van der Waals surface area (Å²) < 4.78 is 25.0. The number of nitrogens with zero attached hydrogens (tertiary/aromatic N) is 2. The van der Waals surface area contributed by atoms with Gasteiger partial charge in [-0.1, -0.05) is 38.0 Å². The number of nitrogens with one attached hydrogen (secondary N) is 1. The molecule has 0 unspecified atom stereocenters. The van der Waals surface area contributed by atoms with Gasteiger partial charge >= 0.3 is 0 Å². The Bertz CT molecular complexity index is 1030. The number of hydrogen-bond acceptors (Lipinski definition) is 5. The minimum Gasteiger partial charge on any atom is -0.344 e. The van der Waals surface area contributed by atoms with E-state index in [0.717, 1.165) is 19.3 Å². The molecule has 2 aromatic rings. The van der Waals surface area contributed by atoms with Crippen molar-refractivity contribution in [3.05, 3.63) is 40.3 Å². The maximum absolute atomic E-state index is 12.9. The van der Waals surface area contributed by atoms with Gasteiger partial charge in [-0.2, -0.15) is 5.10 Å². The zero-order valence-corrected chi connectivity index (χ0v) is 16.5. The first kappa shape index (κ1) is 19.5. The van der Waals surface area contributed by atoms with Crippen LogP contribution in [0.25, 0.3) is 10.8 Å². The molecule has 146 valence electrons. The summed E-state index contributed by atoms with van der Waals surface area (Å²) in [5.41, 5.74) is -0.873. The van der Waals surface area contributed by atoms with E-state index in [1.165, 1.54) is 4.68 Å². The summed E-state index contributed by atoms with van der Waals surface area (Å²) in [5.74, 6) is -0.469. The van der Waals surface area contributed by atoms with Crippen molar-refractivity contribution >= 4 is 26.5 Å². The molecule has 0 saturated carbocycles. The number of rotatable bonds is 6. The molecule has 1 saturated heterocycles. The Balaban J connectivity index is 1.98. The third-order valence-electron chi connectivity index (χ3n) is 4.97. The van der Waals surface area contributed by atoms with Gasteiger partial charge in [-0.15, -0.1) is 0 Å². The van der Waals surface area contributed by atoms with Crippen LogP contribution in [-0.4, -0.2) is 41.2 Å². The maximum Gasteiger partial charge on any atom is 0.274 e. The number of amides is 1. The monoisotopic (exact) mass is 391 g/mol. The van der Waals surface area contributed by atoms with Gasteiger partial charge in [-0.3, -0.25) is 9.59 Å². The van der Waals surface area contributed by atoms with Crippen molar-refractivity contribution in [3.8, 4) is 0 Å². The van der Waals surface area contributed by atoms with E-state index in [-0.39, 0.29) is 22.8 Å². The normalized spacial score (nSPS) is 21.4. The fourth-order valence-electron chi connectivity index (χ4n) is 3.51. The Morgan fingerprint density at radius 1 is 1.26 bits per heavy atom. The highest BCUT2D eigenvalue weighted by atomic mass is 32.2. The van der Waals surface area contributed by atoms with Crippen molar-refractivity contribution in [1.29, 1.82) is 0 Å². The van der Waals surface area contributed by atoms with Crippen LogP contribution in [0, 0.1) is 0 Å². The van der Waals surface area contributed by atoms with E-state index in [1.807, 2.05) is 0 Å². The number of carbonyl (C=O) groups is 1. The molecule has 1 atom stereocenters. The molecule has 1 aliphatic rings. The predicted octanol–water partition coefficient (Wildman–Crippen LogP) is 1.89. The molecular weight excluding hydrogens is 366 g/mol. The van der Waals surface area contributed by atoms with Crippen LogP contribution in [0.2, 0.25) is 0 Å². The molecule has 1 aliphatic heterocycles. The number of aromatic nitrogens is 2. The smallest absolute Gasteiger partial charge is 0.274 e. The van der Waals surface area contributed by atoms with Crippen LogP contribution in [-0.2, 0) is 16.4 Å². The van der Waals surface area contributed by atoms with Gasteiger partial charge in [0, 0.05) is 11.9 Å². The largest absolute Gasteiger partial charge is 0.344 e. The van der Waals surface area contributed by atoms with E-state index in [9.17, 15) is 18.0 Å². The number of carbonyl (C=O) groups excluding carboxylic acids is 1. The zero-order valence-electron chi connectivity index (χ0n) is 15.7. The van der Waals surface area contributed by atoms with E-state index in [0.29, 0.717) is 23.7 Å². The van der Waals surface area contributed by atoms with Crippen LogP contribution in [0.1, 0.15) is 50.0 Å². The first-order valence-electron chi connectivity index (χ1n) is 9.27. The van der Waals surface area contributed by atoms with Crippen LogP contribution >= 0.6 is 0 Å². The molecule has 0 radical (unpaired) electrons. The van der Waals surface area contributed by atoms with Gasteiger partial charge in [0.05, 0.1) is 22.4 Å². The molecule has 1 amide bonds. The topological polar surface area (TPSA) is 98.1 Å². The predicted molar refractivity (Wildman–Crippen MR) is 105 cm³/mol. The van der Waals surface area contributed by atoms with Crippen LogP contribution in [0.15, 0.2) is 29.1 Å². The molecule has 0 aliphatic carbocycles. The molecule has 2 heterocycles. The van der Waals surface area contributed by atoms with Gasteiger partial charge in [-0.25, -0.2) is 13.1 Å². The Kier molecular flexibility index (Phi) is 5.37. The van der Waals surface area contributed by atoms with E-state index >= 15 is 0 Å². The summed E-state index contributed by atoms with van der Waals surface area (Å²) in [6, 6.07) is 6.90. The van der Waals surface area contributed by atoms with Crippen LogP contribution in [0.3, 0.4) is 0 Å². The van der Waals surface area contributed by atoms with E-state index in [1.54, 1.807) is 31.2 Å². The summed E-state index contributed by atoms with van der Waals surface area (Å²) in [5, 5.41) is 8.09. The first-order valence-corrected chi connectivity index (χ1v) is 11.1. The van der Waals surface area contributed by atoms with Crippen LogP contribution in [0.5, 0.6) is 0 Å². The lowest BCUT2D eigenvalue weighted by molar-refractivity contribution is 0.0909. The van der Waals surface area contributed by atoms with Crippen molar-refractivity contribution in [1.82, 2.24) is 15.1 Å². The molecule has 0 spiro atoms. The molecule has 3 rings (SSSR count). The molecule has 7 nitrogen and oxygen atoms in total. The zero-order chi connectivity index (χ0) is 19.7. The van der Waals surface area contributed by atoms with E-state index < -0.39 is 21.3 Å². The fraction of sp³-hybridized carbons (Fsp3) is 0.526. The van der Waals surface area contributed by atoms with Gasteiger partial charge in [0.2, 0.25) is 0 Å².